The van der Waals surface area contributed by atoms with Crippen LogP contribution in [0.15, 0.2) is 5.38 Å². The average molecular weight is 367 g/mol. The molecule has 5 nitrogen and oxygen atoms in total. The molecule has 25 heavy (non-hydrogen) atoms. The molecule has 3 rings (SSSR count). The van der Waals surface area contributed by atoms with Gasteiger partial charge in [0.15, 0.2) is 0 Å². The van der Waals surface area contributed by atoms with Crippen LogP contribution in [-0.2, 0) is 12.1 Å². The third kappa shape index (κ3) is 5.23. The maximum absolute atomic E-state index is 11.1. The number of aliphatic hydroxyl groups is 1. The van der Waals surface area contributed by atoms with Crippen molar-refractivity contribution in [1.29, 1.82) is 0 Å². The first kappa shape index (κ1) is 19.2. The van der Waals surface area contributed by atoms with Crippen LogP contribution < -0.4 is 0 Å². The van der Waals surface area contributed by atoms with E-state index in [1.807, 2.05) is 0 Å². The Morgan fingerprint density at radius 3 is 2.44 bits per heavy atom. The Kier molecular flexibility index (Phi) is 6.49. The number of piperazine rings is 1. The van der Waals surface area contributed by atoms with Gasteiger partial charge in [0.2, 0.25) is 0 Å². The highest BCUT2D eigenvalue weighted by Gasteiger charge is 2.36. The molecule has 0 atom stereocenters. The van der Waals surface area contributed by atoms with Gasteiger partial charge < -0.3 is 14.9 Å². The van der Waals surface area contributed by atoms with Gasteiger partial charge in [-0.25, -0.2) is 4.98 Å². The number of rotatable bonds is 6. The molecule has 1 N–H and O–H groups in total. The van der Waals surface area contributed by atoms with Crippen molar-refractivity contribution in [3.8, 4) is 0 Å². The van der Waals surface area contributed by atoms with Gasteiger partial charge in [0.1, 0.15) is 10.6 Å². The maximum atomic E-state index is 11.1. The molecule has 0 aliphatic carbocycles. The summed E-state index contributed by atoms with van der Waals surface area (Å²) in [7, 11) is 2.18. The van der Waals surface area contributed by atoms with E-state index in [0.29, 0.717) is 0 Å². The van der Waals surface area contributed by atoms with Gasteiger partial charge >= 0.3 is 0 Å². The molecule has 0 spiro atoms. The summed E-state index contributed by atoms with van der Waals surface area (Å²) in [5.74, 6) is 0.747. The van der Waals surface area contributed by atoms with Crippen molar-refractivity contribution in [2.45, 2.75) is 45.3 Å². The largest absolute Gasteiger partial charge is 0.383 e. The Morgan fingerprint density at radius 2 is 1.80 bits per heavy atom. The quantitative estimate of drug-likeness (QED) is 0.836. The lowest BCUT2D eigenvalue weighted by Gasteiger charge is -2.37. The lowest BCUT2D eigenvalue weighted by Crippen LogP contribution is -2.44. The highest BCUT2D eigenvalue weighted by Crippen LogP contribution is 2.33. The first-order valence-corrected chi connectivity index (χ1v) is 10.6. The fourth-order valence-electron chi connectivity index (χ4n) is 3.64. The Hall–Kier alpha value is -0.530. The summed E-state index contributed by atoms with van der Waals surface area (Å²) in [6, 6.07) is 0. The van der Waals surface area contributed by atoms with Gasteiger partial charge in [0.05, 0.1) is 12.2 Å². The van der Waals surface area contributed by atoms with E-state index in [1.165, 1.54) is 6.42 Å². The fourth-order valence-corrected chi connectivity index (χ4v) is 4.57. The highest BCUT2D eigenvalue weighted by molar-refractivity contribution is 7.09. The maximum Gasteiger partial charge on any atom is 0.110 e. The predicted octanol–water partition coefficient (Wildman–Crippen LogP) is 2.22. The van der Waals surface area contributed by atoms with Crippen LogP contribution in [0.5, 0.6) is 0 Å². The van der Waals surface area contributed by atoms with Gasteiger partial charge in [-0.1, -0.05) is 13.8 Å². The number of aromatic nitrogens is 1. The molecule has 2 fully saturated rings. The Balaban J connectivity index is 1.51. The van der Waals surface area contributed by atoms with Crippen molar-refractivity contribution < 1.29 is 5.11 Å². The number of piperidine rings is 1. The van der Waals surface area contributed by atoms with E-state index in [4.69, 9.17) is 4.98 Å². The van der Waals surface area contributed by atoms with E-state index in [1.54, 1.807) is 11.3 Å². The summed E-state index contributed by atoms with van der Waals surface area (Å²) >= 11 is 1.71. The van der Waals surface area contributed by atoms with Crippen LogP contribution in [0, 0.1) is 5.92 Å². The van der Waals surface area contributed by atoms with Crippen molar-refractivity contribution in [1.82, 2.24) is 19.7 Å². The molecule has 0 radical (unpaired) electrons. The van der Waals surface area contributed by atoms with E-state index in [2.05, 4.69) is 41.0 Å². The standard InChI is InChI=1S/C19H34N4OS/c1-16(2)4-7-22-8-5-19(24,6-9-22)17-15-25-18(20-17)14-23-12-10-21(3)11-13-23/h15-16,24H,4-14H2,1-3H3. The Morgan fingerprint density at radius 1 is 1.12 bits per heavy atom. The minimum absolute atomic E-state index is 0.717. The molecule has 1 aromatic heterocycles. The average Bonchev–Trinajstić information content (AvgIpc) is 3.06. The van der Waals surface area contributed by atoms with Crippen LogP contribution in [0.3, 0.4) is 0 Å². The van der Waals surface area contributed by atoms with Crippen LogP contribution in [0.2, 0.25) is 0 Å². The molecule has 2 aliphatic rings. The number of hydrogen-bond donors (Lipinski definition) is 1. The van der Waals surface area contributed by atoms with Gasteiger partial charge in [-0.3, -0.25) is 4.90 Å². The van der Waals surface area contributed by atoms with Crippen LogP contribution in [-0.4, -0.2) is 77.7 Å². The molecule has 0 aromatic carbocycles. The van der Waals surface area contributed by atoms with Gasteiger partial charge in [-0.05, 0) is 38.8 Å². The van der Waals surface area contributed by atoms with Crippen molar-refractivity contribution in [2.24, 2.45) is 5.92 Å². The Labute approximate surface area is 156 Å². The first-order valence-electron chi connectivity index (χ1n) is 9.75. The summed E-state index contributed by atoms with van der Waals surface area (Å²) in [4.78, 5) is 12.2. The predicted molar refractivity (Wildman–Crippen MR) is 104 cm³/mol. The van der Waals surface area contributed by atoms with E-state index in [-0.39, 0.29) is 0 Å². The zero-order valence-corrected chi connectivity index (χ0v) is 16.9. The van der Waals surface area contributed by atoms with Crippen molar-refractivity contribution in [3.63, 3.8) is 0 Å². The molecule has 2 saturated heterocycles. The second kappa shape index (κ2) is 8.44. The summed E-state index contributed by atoms with van der Waals surface area (Å²) in [6.07, 6.45) is 2.86. The highest BCUT2D eigenvalue weighted by atomic mass is 32.1. The van der Waals surface area contributed by atoms with Crippen LogP contribution in [0.25, 0.3) is 0 Å². The topological polar surface area (TPSA) is 42.8 Å². The summed E-state index contributed by atoms with van der Waals surface area (Å²) in [6.45, 7) is 13.1. The minimum atomic E-state index is -0.717. The molecular weight excluding hydrogens is 332 g/mol. The number of thiazole rings is 1. The van der Waals surface area contributed by atoms with E-state index in [0.717, 1.165) is 81.8 Å². The molecule has 142 valence electrons. The summed E-state index contributed by atoms with van der Waals surface area (Å²) in [5.41, 5.74) is 0.190. The van der Waals surface area contributed by atoms with Gasteiger partial charge in [0.25, 0.3) is 0 Å². The number of hydrogen-bond acceptors (Lipinski definition) is 6. The molecule has 3 heterocycles. The molecule has 2 aliphatic heterocycles. The van der Waals surface area contributed by atoms with Gasteiger partial charge in [-0.2, -0.15) is 0 Å². The Bertz CT molecular complexity index is 531. The van der Waals surface area contributed by atoms with E-state index in [9.17, 15) is 5.11 Å². The SMILES string of the molecule is CC(C)CCN1CCC(O)(c2csc(CN3CCN(C)CC3)n2)CC1. The lowest BCUT2D eigenvalue weighted by atomic mass is 9.88. The second-order valence-corrected chi connectivity index (χ2v) is 9.20. The fraction of sp³-hybridized carbons (Fsp3) is 0.842. The smallest absolute Gasteiger partial charge is 0.110 e. The summed E-state index contributed by atoms with van der Waals surface area (Å²) < 4.78 is 0. The second-order valence-electron chi connectivity index (χ2n) is 8.26. The molecule has 1 aromatic rings. The lowest BCUT2D eigenvalue weighted by molar-refractivity contribution is -0.0296. The first-order chi connectivity index (χ1) is 11.9. The van der Waals surface area contributed by atoms with Crippen molar-refractivity contribution in [3.05, 3.63) is 16.1 Å². The summed E-state index contributed by atoms with van der Waals surface area (Å²) in [5, 5.41) is 14.3. The normalized spacial score (nSPS) is 23.4. The molecule has 6 heteroatoms. The molecule has 0 bridgehead atoms. The number of likely N-dealkylation sites (tertiary alicyclic amines) is 1. The third-order valence-corrected chi connectivity index (χ3v) is 6.52. The van der Waals surface area contributed by atoms with Gasteiger partial charge in [-0.15, -0.1) is 11.3 Å². The zero-order valence-electron chi connectivity index (χ0n) is 16.1. The van der Waals surface area contributed by atoms with E-state index < -0.39 is 5.60 Å². The van der Waals surface area contributed by atoms with Crippen LogP contribution >= 0.6 is 11.3 Å². The molecule has 0 unspecified atom stereocenters. The van der Waals surface area contributed by atoms with Crippen LogP contribution in [0.4, 0.5) is 0 Å². The van der Waals surface area contributed by atoms with Crippen molar-refractivity contribution in [2.75, 3.05) is 52.9 Å². The van der Waals surface area contributed by atoms with E-state index >= 15 is 0 Å². The van der Waals surface area contributed by atoms with Crippen LogP contribution in [0.1, 0.15) is 43.8 Å². The molecular formula is C19H34N4OS. The third-order valence-electron chi connectivity index (χ3n) is 5.69. The zero-order chi connectivity index (χ0) is 17.9. The molecule has 0 saturated carbocycles. The van der Waals surface area contributed by atoms with Crippen molar-refractivity contribution >= 4 is 11.3 Å². The number of nitrogens with zero attached hydrogens (tertiary/aromatic N) is 4. The minimum Gasteiger partial charge on any atom is -0.383 e. The number of likely N-dealkylation sites (N-methyl/N-ethyl adjacent to an activating group) is 1. The van der Waals surface area contributed by atoms with Gasteiger partial charge in [0, 0.05) is 44.6 Å². The monoisotopic (exact) mass is 366 g/mol. The molecule has 0 amide bonds.